The van der Waals surface area contributed by atoms with E-state index in [0.717, 1.165) is 12.8 Å². The molecule has 0 unspecified atom stereocenters. The largest absolute Gasteiger partial charge is 0.339 e. The van der Waals surface area contributed by atoms with Crippen LogP contribution in [0.5, 0.6) is 0 Å². The molecule has 3 rings (SSSR count). The van der Waals surface area contributed by atoms with Crippen LogP contribution in [0.1, 0.15) is 55.3 Å². The van der Waals surface area contributed by atoms with Crippen LogP contribution >= 0.6 is 0 Å². The summed E-state index contributed by atoms with van der Waals surface area (Å²) >= 11 is 0. The number of carbonyl (C=O) groups is 1. The molecular weight excluding hydrogens is 324 g/mol. The van der Waals surface area contributed by atoms with Crippen molar-refractivity contribution >= 4 is 21.6 Å². The summed E-state index contributed by atoms with van der Waals surface area (Å²) in [5.41, 5.74) is 1.28. The summed E-state index contributed by atoms with van der Waals surface area (Å²) in [6, 6.07) is 7.31. The van der Waals surface area contributed by atoms with Crippen molar-refractivity contribution in [1.82, 2.24) is 4.90 Å². The van der Waals surface area contributed by atoms with Crippen LogP contribution in [0.15, 0.2) is 24.3 Å². The number of nitrogens with zero attached hydrogens (tertiary/aromatic N) is 2. The Kier molecular flexibility index (Phi) is 5.13. The van der Waals surface area contributed by atoms with Crippen molar-refractivity contribution in [3.8, 4) is 0 Å². The van der Waals surface area contributed by atoms with E-state index in [1.54, 1.807) is 24.3 Å². The predicted octanol–water partition coefficient (Wildman–Crippen LogP) is 3.02. The molecule has 1 aliphatic heterocycles. The van der Waals surface area contributed by atoms with E-state index in [1.807, 2.05) is 11.9 Å². The molecule has 2 aliphatic rings. The van der Waals surface area contributed by atoms with Gasteiger partial charge in [0.05, 0.1) is 11.4 Å². The molecule has 0 N–H and O–H groups in total. The van der Waals surface area contributed by atoms with Crippen molar-refractivity contribution in [3.63, 3.8) is 0 Å². The average molecular weight is 350 g/mol. The number of carbonyl (C=O) groups excluding carboxylic acids is 1. The van der Waals surface area contributed by atoms with Gasteiger partial charge in [-0.1, -0.05) is 25.7 Å². The lowest BCUT2D eigenvalue weighted by Crippen LogP contribution is -2.36. The second-order valence-electron chi connectivity index (χ2n) is 6.85. The van der Waals surface area contributed by atoms with Gasteiger partial charge >= 0.3 is 0 Å². The Hall–Kier alpha value is -1.56. The molecule has 6 heteroatoms. The molecule has 0 spiro atoms. The van der Waals surface area contributed by atoms with Gasteiger partial charge in [-0.25, -0.2) is 8.42 Å². The molecule has 24 heavy (non-hydrogen) atoms. The number of amides is 1. The maximum absolute atomic E-state index is 12.7. The fraction of sp³-hybridized carbons (Fsp3) is 0.611. The molecule has 0 atom stereocenters. The molecule has 1 aromatic carbocycles. The van der Waals surface area contributed by atoms with E-state index in [2.05, 4.69) is 0 Å². The maximum atomic E-state index is 12.7. The van der Waals surface area contributed by atoms with Gasteiger partial charge in [0.1, 0.15) is 0 Å². The van der Waals surface area contributed by atoms with Gasteiger partial charge in [0.15, 0.2) is 0 Å². The summed E-state index contributed by atoms with van der Waals surface area (Å²) in [6.45, 7) is 0.525. The van der Waals surface area contributed by atoms with Crippen molar-refractivity contribution in [2.24, 2.45) is 0 Å². The second-order valence-corrected chi connectivity index (χ2v) is 8.86. The highest BCUT2D eigenvalue weighted by Crippen LogP contribution is 2.26. The van der Waals surface area contributed by atoms with Crippen molar-refractivity contribution < 1.29 is 13.2 Å². The first kappa shape index (κ1) is 17.3. The van der Waals surface area contributed by atoms with Crippen LogP contribution in [0.25, 0.3) is 0 Å². The fourth-order valence-electron chi connectivity index (χ4n) is 3.71. The molecule has 1 saturated heterocycles. The molecule has 1 amide bonds. The van der Waals surface area contributed by atoms with Gasteiger partial charge in [-0.3, -0.25) is 9.10 Å². The zero-order valence-electron chi connectivity index (χ0n) is 14.3. The monoisotopic (exact) mass is 350 g/mol. The number of benzene rings is 1. The first-order chi connectivity index (χ1) is 11.5. The Bertz CT molecular complexity index is 677. The van der Waals surface area contributed by atoms with Gasteiger partial charge in [0.25, 0.3) is 5.91 Å². The topological polar surface area (TPSA) is 57.7 Å². The summed E-state index contributed by atoms with van der Waals surface area (Å²) in [7, 11) is -1.29. The summed E-state index contributed by atoms with van der Waals surface area (Å²) in [6.07, 6.45) is 7.71. The minimum atomic E-state index is -3.17. The van der Waals surface area contributed by atoms with Crippen molar-refractivity contribution in [2.45, 2.75) is 51.0 Å². The lowest BCUT2D eigenvalue weighted by Gasteiger charge is -2.27. The molecule has 1 aromatic rings. The zero-order chi connectivity index (χ0) is 17.2. The zero-order valence-corrected chi connectivity index (χ0v) is 15.1. The van der Waals surface area contributed by atoms with Gasteiger partial charge in [0, 0.05) is 25.2 Å². The highest BCUT2D eigenvalue weighted by molar-refractivity contribution is 7.93. The number of rotatable bonds is 3. The Morgan fingerprint density at radius 2 is 1.67 bits per heavy atom. The third kappa shape index (κ3) is 3.58. The van der Waals surface area contributed by atoms with E-state index in [1.165, 1.54) is 30.0 Å². The van der Waals surface area contributed by atoms with Crippen LogP contribution in [-0.2, 0) is 10.0 Å². The second kappa shape index (κ2) is 7.13. The molecule has 0 aromatic heterocycles. The average Bonchev–Trinajstić information content (AvgIpc) is 2.79. The smallest absolute Gasteiger partial charge is 0.253 e. The highest BCUT2D eigenvalue weighted by Gasteiger charge is 2.28. The van der Waals surface area contributed by atoms with Crippen LogP contribution in [0.4, 0.5) is 5.69 Å². The fourth-order valence-corrected chi connectivity index (χ4v) is 5.28. The van der Waals surface area contributed by atoms with Gasteiger partial charge in [0.2, 0.25) is 10.0 Å². The predicted molar refractivity (Wildman–Crippen MR) is 95.8 cm³/mol. The van der Waals surface area contributed by atoms with E-state index < -0.39 is 10.0 Å². The van der Waals surface area contributed by atoms with Crippen LogP contribution in [0.3, 0.4) is 0 Å². The van der Waals surface area contributed by atoms with E-state index in [4.69, 9.17) is 0 Å². The van der Waals surface area contributed by atoms with E-state index in [-0.39, 0.29) is 11.7 Å². The highest BCUT2D eigenvalue weighted by atomic mass is 32.2. The molecule has 0 radical (unpaired) electrons. The quantitative estimate of drug-likeness (QED) is 0.788. The first-order valence-electron chi connectivity index (χ1n) is 8.87. The lowest BCUT2D eigenvalue weighted by atomic mass is 10.1. The van der Waals surface area contributed by atoms with Crippen LogP contribution in [0.2, 0.25) is 0 Å². The van der Waals surface area contributed by atoms with Gasteiger partial charge < -0.3 is 4.90 Å². The first-order valence-corrected chi connectivity index (χ1v) is 10.5. The molecule has 2 fully saturated rings. The SMILES string of the molecule is CN(C(=O)c1ccc(N2CCCS2(=O)=O)cc1)C1CCCCCC1. The summed E-state index contributed by atoms with van der Waals surface area (Å²) < 4.78 is 25.4. The third-order valence-electron chi connectivity index (χ3n) is 5.19. The van der Waals surface area contributed by atoms with Crippen LogP contribution < -0.4 is 4.31 Å². The molecule has 0 bridgehead atoms. The van der Waals surface area contributed by atoms with E-state index in [9.17, 15) is 13.2 Å². The Morgan fingerprint density at radius 3 is 2.21 bits per heavy atom. The van der Waals surface area contributed by atoms with Crippen molar-refractivity contribution in [3.05, 3.63) is 29.8 Å². The van der Waals surface area contributed by atoms with Crippen molar-refractivity contribution in [1.29, 1.82) is 0 Å². The van der Waals surface area contributed by atoms with Crippen LogP contribution in [0, 0.1) is 0 Å². The summed E-state index contributed by atoms with van der Waals surface area (Å²) in [5.74, 6) is 0.232. The third-order valence-corrected chi connectivity index (χ3v) is 7.06. The minimum Gasteiger partial charge on any atom is -0.339 e. The lowest BCUT2D eigenvalue weighted by molar-refractivity contribution is 0.0717. The molecule has 132 valence electrons. The summed E-state index contributed by atoms with van der Waals surface area (Å²) in [5, 5.41) is 0. The summed E-state index contributed by atoms with van der Waals surface area (Å²) in [4.78, 5) is 14.6. The molecule has 1 saturated carbocycles. The van der Waals surface area contributed by atoms with Crippen molar-refractivity contribution in [2.75, 3.05) is 23.7 Å². The van der Waals surface area contributed by atoms with Crippen LogP contribution in [-0.4, -0.2) is 44.6 Å². The Morgan fingerprint density at radius 1 is 1.04 bits per heavy atom. The standard InChI is InChI=1S/C18H26N2O3S/c1-19(16-7-4-2-3-5-8-16)18(21)15-9-11-17(12-10-15)20-13-6-14-24(20,22)23/h9-12,16H,2-8,13-14H2,1H3. The number of hydrogen-bond acceptors (Lipinski definition) is 3. The van der Waals surface area contributed by atoms with Gasteiger partial charge in [-0.05, 0) is 43.5 Å². The number of anilines is 1. The molecule has 1 aliphatic carbocycles. The minimum absolute atomic E-state index is 0.0257. The molecule has 5 nitrogen and oxygen atoms in total. The molecule has 1 heterocycles. The van der Waals surface area contributed by atoms with E-state index >= 15 is 0 Å². The van der Waals surface area contributed by atoms with Gasteiger partial charge in [-0.15, -0.1) is 0 Å². The normalized spacial score (nSPS) is 21.5. The number of sulfonamides is 1. The van der Waals surface area contributed by atoms with Gasteiger partial charge in [-0.2, -0.15) is 0 Å². The Balaban J connectivity index is 1.71. The van der Waals surface area contributed by atoms with E-state index in [0.29, 0.717) is 30.3 Å². The maximum Gasteiger partial charge on any atom is 0.253 e. The molecular formula is C18H26N2O3S. The number of hydrogen-bond donors (Lipinski definition) is 0. The Labute approximate surface area is 144 Å².